The van der Waals surface area contributed by atoms with E-state index in [2.05, 4.69) is 15.9 Å². The van der Waals surface area contributed by atoms with Gasteiger partial charge in [-0.2, -0.15) is 0 Å². The van der Waals surface area contributed by atoms with Crippen molar-refractivity contribution in [2.45, 2.75) is 6.54 Å². The van der Waals surface area contributed by atoms with Crippen molar-refractivity contribution < 1.29 is 19.1 Å². The van der Waals surface area contributed by atoms with Crippen LogP contribution in [-0.2, 0) is 27.9 Å². The van der Waals surface area contributed by atoms with E-state index in [4.69, 9.17) is 9.47 Å². The first-order valence-electron chi connectivity index (χ1n) is 9.37. The fourth-order valence-electron chi connectivity index (χ4n) is 2.87. The van der Waals surface area contributed by atoms with Gasteiger partial charge in [0.05, 0.1) is 19.8 Å². The molecule has 0 aliphatic heterocycles. The monoisotopic (exact) mass is 465 g/mol. The van der Waals surface area contributed by atoms with Crippen LogP contribution < -0.4 is 0 Å². The zero-order valence-corrected chi connectivity index (χ0v) is 18.7. The van der Waals surface area contributed by atoms with Crippen molar-refractivity contribution in [3.8, 4) is 0 Å². The number of hydrogen-bond donors (Lipinski definition) is 0. The molecule has 2 rings (SSSR count). The molecule has 0 atom stereocenters. The maximum Gasteiger partial charge on any atom is 0.254 e. The fraction of sp³-hybridized carbons (Fsp3) is 0.429. The summed E-state index contributed by atoms with van der Waals surface area (Å²) in [5, 5.41) is 0. The van der Waals surface area contributed by atoms with Crippen LogP contribution in [0.5, 0.6) is 0 Å². The third kappa shape index (κ3) is 6.99. The summed E-state index contributed by atoms with van der Waals surface area (Å²) in [6, 6.07) is 11.1. The number of halogens is 1. The van der Waals surface area contributed by atoms with E-state index < -0.39 is 0 Å². The van der Waals surface area contributed by atoms with Crippen molar-refractivity contribution in [1.29, 1.82) is 0 Å². The summed E-state index contributed by atoms with van der Waals surface area (Å²) in [5.74, 6) is -0.343. The summed E-state index contributed by atoms with van der Waals surface area (Å²) >= 11 is 3.39. The van der Waals surface area contributed by atoms with E-state index in [1.54, 1.807) is 37.3 Å². The van der Waals surface area contributed by atoms with E-state index in [9.17, 15) is 9.59 Å². The number of aromatic nitrogens is 1. The van der Waals surface area contributed by atoms with Gasteiger partial charge in [-0.25, -0.2) is 0 Å². The molecule has 0 spiro atoms. The molecule has 1 aromatic carbocycles. The van der Waals surface area contributed by atoms with Gasteiger partial charge in [0.15, 0.2) is 0 Å². The van der Waals surface area contributed by atoms with Crippen LogP contribution in [0.2, 0.25) is 0 Å². The Morgan fingerprint density at radius 3 is 2.31 bits per heavy atom. The average Bonchev–Trinajstić information content (AvgIpc) is 3.12. The molecule has 7 nitrogen and oxygen atoms in total. The van der Waals surface area contributed by atoms with E-state index in [1.165, 1.54) is 4.90 Å². The molecular formula is C21H28BrN3O4. The minimum absolute atomic E-state index is 0.0250. The highest BCUT2D eigenvalue weighted by Gasteiger charge is 2.23. The van der Waals surface area contributed by atoms with E-state index in [0.29, 0.717) is 38.4 Å². The molecule has 1 heterocycles. The molecule has 2 aromatic rings. The summed E-state index contributed by atoms with van der Waals surface area (Å²) in [6.07, 6.45) is 1.94. The number of benzene rings is 1. The largest absolute Gasteiger partial charge is 0.383 e. The molecular weight excluding hydrogens is 438 g/mol. The number of ether oxygens (including phenoxy) is 2. The molecule has 0 radical (unpaired) electrons. The summed E-state index contributed by atoms with van der Waals surface area (Å²) < 4.78 is 13.1. The molecule has 0 unspecified atom stereocenters. The van der Waals surface area contributed by atoms with Gasteiger partial charge in [-0.05, 0) is 30.3 Å². The number of nitrogens with zero attached hydrogens (tertiary/aromatic N) is 3. The first kappa shape index (κ1) is 23.1. The quantitative estimate of drug-likeness (QED) is 0.511. The number of carbonyl (C=O) groups is 2. The van der Waals surface area contributed by atoms with Gasteiger partial charge >= 0.3 is 0 Å². The standard InChI is InChI=1S/C21H28BrN3O4/c1-23-9-5-8-19(23)15-24(10-12-28-2)20(26)16-25(11-13-29-3)21(27)17-6-4-7-18(22)14-17/h4-9,14H,10-13,15-16H2,1-3H3. The van der Waals surface area contributed by atoms with Crippen LogP contribution in [0.15, 0.2) is 47.1 Å². The summed E-state index contributed by atoms with van der Waals surface area (Å²) in [6.45, 7) is 1.98. The van der Waals surface area contributed by atoms with Crippen LogP contribution in [0.4, 0.5) is 0 Å². The molecule has 29 heavy (non-hydrogen) atoms. The van der Waals surface area contributed by atoms with Gasteiger partial charge in [-0.1, -0.05) is 22.0 Å². The molecule has 0 aliphatic rings. The summed E-state index contributed by atoms with van der Waals surface area (Å²) in [7, 11) is 5.12. The number of hydrogen-bond acceptors (Lipinski definition) is 4. The first-order valence-corrected chi connectivity index (χ1v) is 10.2. The SMILES string of the molecule is COCCN(Cc1cccn1C)C(=O)CN(CCOC)C(=O)c1cccc(Br)c1. The average molecular weight is 466 g/mol. The van der Waals surface area contributed by atoms with Gasteiger partial charge in [0.1, 0.15) is 6.54 Å². The lowest BCUT2D eigenvalue weighted by Gasteiger charge is -2.28. The van der Waals surface area contributed by atoms with Gasteiger partial charge in [-0.15, -0.1) is 0 Å². The highest BCUT2D eigenvalue weighted by atomic mass is 79.9. The Morgan fingerprint density at radius 1 is 1.03 bits per heavy atom. The highest BCUT2D eigenvalue weighted by molar-refractivity contribution is 9.10. The number of aryl methyl sites for hydroxylation is 1. The molecule has 1 aromatic heterocycles. The molecule has 8 heteroatoms. The van der Waals surface area contributed by atoms with Crippen molar-refractivity contribution in [2.75, 3.05) is 47.1 Å². The smallest absolute Gasteiger partial charge is 0.254 e. The molecule has 2 amide bonds. The zero-order chi connectivity index (χ0) is 21.2. The molecule has 0 aliphatic carbocycles. The maximum atomic E-state index is 13.1. The second-order valence-electron chi connectivity index (χ2n) is 6.65. The topological polar surface area (TPSA) is 64.0 Å². The maximum absolute atomic E-state index is 13.1. The lowest BCUT2D eigenvalue weighted by atomic mass is 10.2. The van der Waals surface area contributed by atoms with E-state index in [1.807, 2.05) is 36.0 Å². The molecule has 0 fully saturated rings. The first-order chi connectivity index (χ1) is 14.0. The Bertz CT molecular complexity index is 809. The third-order valence-electron chi connectivity index (χ3n) is 4.57. The third-order valence-corrected chi connectivity index (χ3v) is 5.07. The number of amides is 2. The van der Waals surface area contributed by atoms with Crippen molar-refractivity contribution in [3.63, 3.8) is 0 Å². The van der Waals surface area contributed by atoms with E-state index in [-0.39, 0.29) is 18.4 Å². The number of methoxy groups -OCH3 is 2. The van der Waals surface area contributed by atoms with E-state index in [0.717, 1.165) is 10.2 Å². The van der Waals surface area contributed by atoms with Crippen LogP contribution in [0.1, 0.15) is 16.1 Å². The minimum Gasteiger partial charge on any atom is -0.383 e. The molecule has 0 bridgehead atoms. The van der Waals surface area contributed by atoms with Crippen LogP contribution in [-0.4, -0.2) is 73.2 Å². The second kappa shape index (κ2) is 11.7. The van der Waals surface area contributed by atoms with Gasteiger partial charge in [0, 0.05) is 56.3 Å². The number of rotatable bonds is 11. The minimum atomic E-state index is -0.206. The van der Waals surface area contributed by atoms with Crippen LogP contribution in [0.3, 0.4) is 0 Å². The normalized spacial score (nSPS) is 10.8. The Balaban J connectivity index is 2.16. The Morgan fingerprint density at radius 2 is 1.72 bits per heavy atom. The lowest BCUT2D eigenvalue weighted by molar-refractivity contribution is -0.133. The molecule has 0 saturated carbocycles. The Hall–Kier alpha value is -2.16. The molecule has 158 valence electrons. The predicted octanol–water partition coefficient (Wildman–Crippen LogP) is 2.55. The predicted molar refractivity (Wildman–Crippen MR) is 115 cm³/mol. The highest BCUT2D eigenvalue weighted by Crippen LogP contribution is 2.14. The van der Waals surface area contributed by atoms with Crippen molar-refractivity contribution in [2.24, 2.45) is 7.05 Å². The van der Waals surface area contributed by atoms with Crippen LogP contribution in [0.25, 0.3) is 0 Å². The van der Waals surface area contributed by atoms with Gasteiger partial charge in [-0.3, -0.25) is 9.59 Å². The van der Waals surface area contributed by atoms with Gasteiger partial charge in [0.25, 0.3) is 5.91 Å². The van der Waals surface area contributed by atoms with Crippen LogP contribution >= 0.6 is 15.9 Å². The van der Waals surface area contributed by atoms with Crippen molar-refractivity contribution in [1.82, 2.24) is 14.4 Å². The van der Waals surface area contributed by atoms with Crippen molar-refractivity contribution in [3.05, 3.63) is 58.3 Å². The fourth-order valence-corrected chi connectivity index (χ4v) is 3.27. The molecule has 0 N–H and O–H groups in total. The lowest BCUT2D eigenvalue weighted by Crippen LogP contribution is -2.45. The summed E-state index contributed by atoms with van der Waals surface area (Å²) in [5.41, 5.74) is 1.53. The Labute approximate surface area is 180 Å². The van der Waals surface area contributed by atoms with E-state index >= 15 is 0 Å². The Kier molecular flexibility index (Phi) is 9.37. The summed E-state index contributed by atoms with van der Waals surface area (Å²) in [4.78, 5) is 29.3. The number of carbonyl (C=O) groups excluding carboxylic acids is 2. The zero-order valence-electron chi connectivity index (χ0n) is 17.1. The second-order valence-corrected chi connectivity index (χ2v) is 7.56. The van der Waals surface area contributed by atoms with Gasteiger partial charge < -0.3 is 23.8 Å². The van der Waals surface area contributed by atoms with Crippen molar-refractivity contribution >= 4 is 27.7 Å². The van der Waals surface area contributed by atoms with Crippen LogP contribution in [0, 0.1) is 0 Å². The molecule has 0 saturated heterocycles. The van der Waals surface area contributed by atoms with Gasteiger partial charge in [0.2, 0.25) is 5.91 Å².